The van der Waals surface area contributed by atoms with Crippen LogP contribution in [0.1, 0.15) is 24.7 Å². The van der Waals surface area contributed by atoms with Gasteiger partial charge in [-0.3, -0.25) is 4.79 Å². The number of halogens is 1. The lowest BCUT2D eigenvalue weighted by Crippen LogP contribution is -1.93. The van der Waals surface area contributed by atoms with Crippen molar-refractivity contribution >= 4 is 17.4 Å². The second-order valence-corrected chi connectivity index (χ2v) is 4.02. The van der Waals surface area contributed by atoms with Crippen molar-refractivity contribution in [3.05, 3.63) is 59.1 Å². The first-order chi connectivity index (χ1) is 7.68. The lowest BCUT2D eigenvalue weighted by molar-refractivity contribution is 0.101. The fraction of sp³-hybridized carbons (Fsp3) is 0.133. The van der Waals surface area contributed by atoms with Crippen LogP contribution < -0.4 is 0 Å². The molecule has 1 nitrogen and oxygen atoms in total. The average molecular weight is 247 g/mol. The number of carbonyl (C=O) groups is 1. The van der Waals surface area contributed by atoms with Crippen molar-refractivity contribution in [2.75, 3.05) is 0 Å². The fourth-order valence-electron chi connectivity index (χ4n) is 1.61. The molecule has 0 heterocycles. The predicted octanol–water partition coefficient (Wildman–Crippen LogP) is 4.85. The third kappa shape index (κ3) is 2.95. The molecule has 0 aliphatic heterocycles. The number of Topliss-reactive ketones (excluding diaryl/α,β-unsaturated/α-hetero) is 1. The largest absolute Gasteiger partial charge is 0.294 e. The van der Waals surface area contributed by atoms with Gasteiger partial charge in [0, 0.05) is 5.56 Å². The molecule has 0 aliphatic rings. The number of benzene rings is 2. The zero-order valence-corrected chi connectivity index (χ0v) is 9.66. The lowest BCUT2D eigenvalue weighted by atomic mass is 10.0. The maximum atomic E-state index is 11.2. The summed E-state index contributed by atoms with van der Waals surface area (Å²) >= 11 is 6.05. The Labute approximate surface area is 107 Å². The zero-order valence-electron chi connectivity index (χ0n) is 8.91. The summed E-state index contributed by atoms with van der Waals surface area (Å²) in [6.07, 6.45) is 0. The van der Waals surface area contributed by atoms with E-state index in [2.05, 4.69) is 0 Å². The van der Waals surface area contributed by atoms with Gasteiger partial charge in [0.15, 0.2) is 5.78 Å². The van der Waals surface area contributed by atoms with E-state index in [9.17, 15) is 4.79 Å². The van der Waals surface area contributed by atoms with E-state index in [1.165, 1.54) is 6.92 Å². The van der Waals surface area contributed by atoms with Crippen molar-refractivity contribution in [1.82, 2.24) is 0 Å². The van der Waals surface area contributed by atoms with Crippen LogP contribution in [0.3, 0.4) is 0 Å². The van der Waals surface area contributed by atoms with E-state index in [1.54, 1.807) is 6.07 Å². The molecule has 0 unspecified atom stereocenters. The first-order valence-corrected chi connectivity index (χ1v) is 5.42. The van der Waals surface area contributed by atoms with Gasteiger partial charge in [0.2, 0.25) is 0 Å². The van der Waals surface area contributed by atoms with Crippen molar-refractivity contribution in [1.29, 1.82) is 0 Å². The first kappa shape index (κ1) is 13.5. The van der Waals surface area contributed by atoms with Crippen LogP contribution in [0.5, 0.6) is 0 Å². The molecule has 17 heavy (non-hydrogen) atoms. The molecule has 88 valence electrons. The van der Waals surface area contributed by atoms with Gasteiger partial charge in [0.1, 0.15) is 0 Å². The molecule has 0 atom stereocenters. The summed E-state index contributed by atoms with van der Waals surface area (Å²) < 4.78 is 0. The van der Waals surface area contributed by atoms with E-state index >= 15 is 0 Å². The van der Waals surface area contributed by atoms with E-state index in [0.717, 1.165) is 11.1 Å². The molecule has 2 aromatic carbocycles. The van der Waals surface area contributed by atoms with Crippen LogP contribution in [0.25, 0.3) is 11.1 Å². The van der Waals surface area contributed by atoms with Crippen LogP contribution in [0.4, 0.5) is 0 Å². The molecule has 0 fully saturated rings. The summed E-state index contributed by atoms with van der Waals surface area (Å²) in [6, 6.07) is 15.5. The van der Waals surface area contributed by atoms with E-state index in [-0.39, 0.29) is 13.2 Å². The maximum Gasteiger partial charge on any atom is 0.161 e. The molecule has 0 aromatic heterocycles. The Balaban J connectivity index is 0.00000144. The van der Waals surface area contributed by atoms with Crippen molar-refractivity contribution in [3.63, 3.8) is 0 Å². The third-order valence-electron chi connectivity index (χ3n) is 2.46. The maximum absolute atomic E-state index is 11.2. The Kier molecular flexibility index (Phi) is 4.47. The van der Waals surface area contributed by atoms with Gasteiger partial charge in [-0.1, -0.05) is 55.4 Å². The van der Waals surface area contributed by atoms with Gasteiger partial charge in [0.25, 0.3) is 0 Å². The molecule has 0 spiro atoms. The second-order valence-electron chi connectivity index (χ2n) is 3.62. The highest BCUT2D eigenvalue weighted by Crippen LogP contribution is 2.25. The standard InChI is InChI=1S/C14H11ClO.CH4/c1-10(16)13-8-7-12(9-14(13)15)11-5-3-2-4-6-11;/h2-9H,1H3;1H4. The van der Waals surface area contributed by atoms with Gasteiger partial charge < -0.3 is 0 Å². The molecule has 0 bridgehead atoms. The minimum Gasteiger partial charge on any atom is -0.294 e. The monoisotopic (exact) mass is 246 g/mol. The molecule has 0 amide bonds. The molecule has 2 rings (SSSR count). The van der Waals surface area contributed by atoms with Crippen LogP contribution in [0, 0.1) is 0 Å². The Morgan fingerprint density at radius 1 is 1.00 bits per heavy atom. The number of ketones is 1. The average Bonchev–Trinajstić information content (AvgIpc) is 2.29. The Hall–Kier alpha value is -1.60. The van der Waals surface area contributed by atoms with Crippen LogP contribution >= 0.6 is 11.6 Å². The molecule has 2 heteroatoms. The molecular weight excluding hydrogens is 232 g/mol. The van der Waals surface area contributed by atoms with Gasteiger partial charge >= 0.3 is 0 Å². The first-order valence-electron chi connectivity index (χ1n) is 5.04. The van der Waals surface area contributed by atoms with Crippen molar-refractivity contribution < 1.29 is 4.79 Å². The predicted molar refractivity (Wildman–Crippen MR) is 73.6 cm³/mol. The Bertz CT molecular complexity index is 518. The summed E-state index contributed by atoms with van der Waals surface area (Å²) in [6.45, 7) is 1.52. The molecule has 0 N–H and O–H groups in total. The van der Waals surface area contributed by atoms with Gasteiger partial charge in [-0.2, -0.15) is 0 Å². The summed E-state index contributed by atoms with van der Waals surface area (Å²) in [7, 11) is 0. The molecule has 0 aliphatic carbocycles. The summed E-state index contributed by atoms with van der Waals surface area (Å²) in [5.41, 5.74) is 2.69. The number of rotatable bonds is 2. The summed E-state index contributed by atoms with van der Waals surface area (Å²) in [5, 5.41) is 0.508. The quantitative estimate of drug-likeness (QED) is 0.693. The smallest absolute Gasteiger partial charge is 0.161 e. The minimum atomic E-state index is -0.00962. The molecular formula is C15H15ClO. The zero-order chi connectivity index (χ0) is 11.5. The van der Waals surface area contributed by atoms with Crippen LogP contribution in [0.15, 0.2) is 48.5 Å². The SMILES string of the molecule is C.CC(=O)c1ccc(-c2ccccc2)cc1Cl. The number of hydrogen-bond donors (Lipinski definition) is 0. The highest BCUT2D eigenvalue weighted by Gasteiger charge is 2.06. The normalized spacial score (nSPS) is 9.53. The van der Waals surface area contributed by atoms with Gasteiger partial charge in [-0.25, -0.2) is 0 Å². The van der Waals surface area contributed by atoms with Crippen molar-refractivity contribution in [3.8, 4) is 11.1 Å². The van der Waals surface area contributed by atoms with E-state index in [1.807, 2.05) is 42.5 Å². The van der Waals surface area contributed by atoms with Crippen LogP contribution in [-0.2, 0) is 0 Å². The van der Waals surface area contributed by atoms with Gasteiger partial charge in [0.05, 0.1) is 5.02 Å². The summed E-state index contributed by atoms with van der Waals surface area (Å²) in [5.74, 6) is -0.00962. The van der Waals surface area contributed by atoms with Crippen LogP contribution in [-0.4, -0.2) is 5.78 Å². The fourth-order valence-corrected chi connectivity index (χ4v) is 1.92. The van der Waals surface area contributed by atoms with Crippen molar-refractivity contribution in [2.24, 2.45) is 0 Å². The number of hydrogen-bond acceptors (Lipinski definition) is 1. The number of carbonyl (C=O) groups excluding carboxylic acids is 1. The Morgan fingerprint density at radius 2 is 1.65 bits per heavy atom. The van der Waals surface area contributed by atoms with Gasteiger partial charge in [-0.15, -0.1) is 0 Å². The highest BCUT2D eigenvalue weighted by molar-refractivity contribution is 6.34. The molecule has 2 aromatic rings. The summed E-state index contributed by atoms with van der Waals surface area (Å²) in [4.78, 5) is 11.2. The molecule has 0 saturated heterocycles. The highest BCUT2D eigenvalue weighted by atomic mass is 35.5. The van der Waals surface area contributed by atoms with Crippen LogP contribution in [0.2, 0.25) is 5.02 Å². The third-order valence-corrected chi connectivity index (χ3v) is 2.77. The second kappa shape index (κ2) is 5.65. The van der Waals surface area contributed by atoms with E-state index < -0.39 is 0 Å². The minimum absolute atomic E-state index is 0. The molecule has 0 saturated carbocycles. The van der Waals surface area contributed by atoms with E-state index in [4.69, 9.17) is 11.6 Å². The lowest BCUT2D eigenvalue weighted by Gasteiger charge is -2.04. The Morgan fingerprint density at radius 3 is 2.18 bits per heavy atom. The van der Waals surface area contributed by atoms with Gasteiger partial charge in [-0.05, 0) is 30.2 Å². The topological polar surface area (TPSA) is 17.1 Å². The van der Waals surface area contributed by atoms with E-state index in [0.29, 0.717) is 10.6 Å². The van der Waals surface area contributed by atoms with Crippen molar-refractivity contribution in [2.45, 2.75) is 14.4 Å². The molecule has 0 radical (unpaired) electrons.